The van der Waals surface area contributed by atoms with Gasteiger partial charge in [0.15, 0.2) is 0 Å². The summed E-state index contributed by atoms with van der Waals surface area (Å²) in [4.78, 5) is 17.5. The van der Waals surface area contributed by atoms with Gasteiger partial charge in [-0.3, -0.25) is 9.78 Å². The average Bonchev–Trinajstić information content (AvgIpc) is 2.78. The number of nitrogens with zero attached hydrogens (tertiary/aromatic N) is 1. The van der Waals surface area contributed by atoms with E-state index in [-0.39, 0.29) is 17.1 Å². The van der Waals surface area contributed by atoms with Crippen LogP contribution in [0.3, 0.4) is 0 Å². The van der Waals surface area contributed by atoms with Crippen molar-refractivity contribution in [2.24, 2.45) is 0 Å². The Hall–Kier alpha value is -3.27. The molecule has 0 amide bonds. The number of benzene rings is 2. The van der Waals surface area contributed by atoms with Gasteiger partial charge in [-0.15, -0.1) is 0 Å². The van der Waals surface area contributed by atoms with E-state index in [4.69, 9.17) is 11.1 Å². The lowest BCUT2D eigenvalue weighted by atomic mass is 9.64. The Balaban J connectivity index is 2.16. The number of hydrogen-bond donors (Lipinski definition) is 2. The third-order valence-corrected chi connectivity index (χ3v) is 6.78. The number of rotatable bonds is 8. The number of hydrogen-bond acceptors (Lipinski definition) is 4. The molecule has 4 heteroatoms. The number of carbonyl (C=O) groups excluding carboxylic acids is 1. The standard InChI is InChI=1S/C30H37N3O/c1-7-26(31)17-30(6,25-10-8-9-22(15-25)23-16-27(32)19-33-18-23)28(20(2)34)21-11-13-24(14-12-21)29(3,4)5/h8-16,18-19,28,31H,7,17,32H2,1-6H3/t28-,30+/m0/s1. The molecule has 3 aromatic rings. The van der Waals surface area contributed by atoms with Crippen LogP contribution in [-0.2, 0) is 15.6 Å². The third kappa shape index (κ3) is 5.44. The van der Waals surface area contributed by atoms with Crippen LogP contribution in [-0.4, -0.2) is 16.5 Å². The average molecular weight is 456 g/mol. The summed E-state index contributed by atoms with van der Waals surface area (Å²) in [6, 6.07) is 18.6. The summed E-state index contributed by atoms with van der Waals surface area (Å²) in [5.41, 5.74) is 11.9. The van der Waals surface area contributed by atoms with Gasteiger partial charge in [-0.1, -0.05) is 83.1 Å². The van der Waals surface area contributed by atoms with Crippen molar-refractivity contribution in [2.75, 3.05) is 5.73 Å². The zero-order valence-corrected chi connectivity index (χ0v) is 21.3. The van der Waals surface area contributed by atoms with Gasteiger partial charge in [0.25, 0.3) is 0 Å². The van der Waals surface area contributed by atoms with Crippen LogP contribution < -0.4 is 5.73 Å². The van der Waals surface area contributed by atoms with Gasteiger partial charge < -0.3 is 11.1 Å². The molecular weight excluding hydrogens is 418 g/mol. The number of nitrogens with two attached hydrogens (primary N) is 1. The summed E-state index contributed by atoms with van der Waals surface area (Å²) in [5, 5.41) is 8.56. The van der Waals surface area contributed by atoms with Crippen LogP contribution in [0.15, 0.2) is 67.0 Å². The van der Waals surface area contributed by atoms with Gasteiger partial charge in [0.05, 0.1) is 11.6 Å². The van der Waals surface area contributed by atoms with E-state index in [1.165, 1.54) is 5.56 Å². The molecule has 178 valence electrons. The van der Waals surface area contributed by atoms with Crippen molar-refractivity contribution in [1.82, 2.24) is 4.98 Å². The molecule has 34 heavy (non-hydrogen) atoms. The van der Waals surface area contributed by atoms with Crippen molar-refractivity contribution in [3.63, 3.8) is 0 Å². The van der Waals surface area contributed by atoms with Gasteiger partial charge in [-0.2, -0.15) is 0 Å². The maximum absolute atomic E-state index is 13.2. The van der Waals surface area contributed by atoms with Crippen molar-refractivity contribution in [1.29, 1.82) is 5.41 Å². The number of aromatic nitrogens is 1. The zero-order chi connectivity index (χ0) is 25.1. The van der Waals surface area contributed by atoms with Gasteiger partial charge in [-0.05, 0) is 53.5 Å². The Bertz CT molecular complexity index is 1170. The Morgan fingerprint density at radius 1 is 0.971 bits per heavy atom. The molecule has 0 unspecified atom stereocenters. The number of pyridine rings is 1. The maximum Gasteiger partial charge on any atom is 0.138 e. The van der Waals surface area contributed by atoms with Crippen LogP contribution in [0.25, 0.3) is 11.1 Å². The topological polar surface area (TPSA) is 79.8 Å². The number of ketones is 1. The van der Waals surface area contributed by atoms with Crippen molar-refractivity contribution in [2.45, 2.75) is 71.1 Å². The number of anilines is 1. The largest absolute Gasteiger partial charge is 0.397 e. The monoisotopic (exact) mass is 455 g/mol. The quantitative estimate of drug-likeness (QED) is 0.356. The molecule has 0 aliphatic carbocycles. The summed E-state index contributed by atoms with van der Waals surface area (Å²) in [7, 11) is 0. The smallest absolute Gasteiger partial charge is 0.138 e. The fourth-order valence-corrected chi connectivity index (χ4v) is 4.84. The second kappa shape index (κ2) is 9.92. The molecule has 0 bridgehead atoms. The summed E-state index contributed by atoms with van der Waals surface area (Å²) in [6.07, 6.45) is 4.59. The van der Waals surface area contributed by atoms with E-state index in [1.54, 1.807) is 19.3 Å². The zero-order valence-electron chi connectivity index (χ0n) is 21.3. The highest BCUT2D eigenvalue weighted by Gasteiger charge is 2.40. The Morgan fingerprint density at radius 3 is 2.21 bits per heavy atom. The van der Waals surface area contributed by atoms with Crippen LogP contribution >= 0.6 is 0 Å². The number of carbonyl (C=O) groups is 1. The lowest BCUT2D eigenvalue weighted by Gasteiger charge is -2.38. The summed E-state index contributed by atoms with van der Waals surface area (Å²) in [6.45, 7) is 12.4. The first kappa shape index (κ1) is 25.4. The minimum absolute atomic E-state index is 0.0395. The lowest BCUT2D eigenvalue weighted by Crippen LogP contribution is -2.37. The number of nitrogens with one attached hydrogen (secondary N) is 1. The van der Waals surface area contributed by atoms with E-state index in [0.717, 1.165) is 22.3 Å². The van der Waals surface area contributed by atoms with E-state index in [1.807, 2.05) is 25.1 Å². The second-order valence-corrected chi connectivity index (χ2v) is 10.6. The molecule has 0 aliphatic heterocycles. The second-order valence-electron chi connectivity index (χ2n) is 10.6. The minimum atomic E-state index is -0.577. The Kier molecular flexibility index (Phi) is 7.40. The molecular formula is C30H37N3O. The molecule has 0 fully saturated rings. The van der Waals surface area contributed by atoms with Crippen molar-refractivity contribution >= 4 is 17.2 Å². The molecule has 1 heterocycles. The summed E-state index contributed by atoms with van der Waals surface area (Å²) in [5.74, 6) is -0.270. The van der Waals surface area contributed by atoms with E-state index < -0.39 is 5.41 Å². The van der Waals surface area contributed by atoms with Gasteiger partial charge in [0.1, 0.15) is 5.78 Å². The first-order chi connectivity index (χ1) is 16.0. The molecule has 0 saturated carbocycles. The van der Waals surface area contributed by atoms with Crippen LogP contribution in [0.2, 0.25) is 0 Å². The molecule has 4 nitrogen and oxygen atoms in total. The van der Waals surface area contributed by atoms with E-state index in [9.17, 15) is 4.79 Å². The van der Waals surface area contributed by atoms with Gasteiger partial charge in [0, 0.05) is 29.1 Å². The predicted molar refractivity (Wildman–Crippen MR) is 143 cm³/mol. The highest BCUT2D eigenvalue weighted by Crippen LogP contribution is 2.44. The first-order valence-electron chi connectivity index (χ1n) is 11.9. The van der Waals surface area contributed by atoms with Gasteiger partial charge >= 0.3 is 0 Å². The minimum Gasteiger partial charge on any atom is -0.397 e. The molecule has 0 saturated heterocycles. The van der Waals surface area contributed by atoms with Crippen molar-refractivity contribution < 1.29 is 4.79 Å². The van der Waals surface area contributed by atoms with Crippen LogP contribution in [0.5, 0.6) is 0 Å². The van der Waals surface area contributed by atoms with Crippen molar-refractivity contribution in [3.05, 3.63) is 83.7 Å². The summed E-state index contributed by atoms with van der Waals surface area (Å²) >= 11 is 0. The molecule has 0 radical (unpaired) electrons. The predicted octanol–water partition coefficient (Wildman–Crippen LogP) is 7.08. The van der Waals surface area contributed by atoms with Crippen LogP contribution in [0.4, 0.5) is 5.69 Å². The lowest BCUT2D eigenvalue weighted by molar-refractivity contribution is -0.119. The molecule has 1 aromatic heterocycles. The van der Waals surface area contributed by atoms with Crippen LogP contribution in [0, 0.1) is 5.41 Å². The van der Waals surface area contributed by atoms with Gasteiger partial charge in [-0.25, -0.2) is 0 Å². The fraction of sp³-hybridized carbons (Fsp3) is 0.367. The van der Waals surface area contributed by atoms with E-state index in [2.05, 4.69) is 69.1 Å². The Labute approximate surface area is 204 Å². The number of Topliss-reactive ketones (excluding diaryl/α,β-unsaturated/α-hetero) is 1. The van der Waals surface area contributed by atoms with Crippen molar-refractivity contribution in [3.8, 4) is 11.1 Å². The summed E-state index contributed by atoms with van der Waals surface area (Å²) < 4.78 is 0. The molecule has 2 aromatic carbocycles. The highest BCUT2D eigenvalue weighted by atomic mass is 16.1. The molecule has 0 aliphatic rings. The van der Waals surface area contributed by atoms with Gasteiger partial charge in [0.2, 0.25) is 0 Å². The van der Waals surface area contributed by atoms with Crippen LogP contribution in [0.1, 0.15) is 77.0 Å². The SMILES string of the molecule is CCC(=N)C[C@](C)(c1cccc(-c2cncc(N)c2)c1)[C@@H](C(C)=O)c1ccc(C(C)(C)C)cc1. The fourth-order valence-electron chi connectivity index (χ4n) is 4.84. The Morgan fingerprint density at radius 2 is 1.65 bits per heavy atom. The molecule has 3 N–H and O–H groups in total. The van der Waals surface area contributed by atoms with E-state index in [0.29, 0.717) is 24.2 Å². The highest BCUT2D eigenvalue weighted by molar-refractivity contribution is 5.89. The van der Waals surface area contributed by atoms with E-state index >= 15 is 0 Å². The normalized spacial score (nSPS) is 14.3. The first-order valence-corrected chi connectivity index (χ1v) is 11.9. The number of nitrogen functional groups attached to an aromatic ring is 1. The molecule has 0 spiro atoms. The maximum atomic E-state index is 13.2. The molecule has 2 atom stereocenters. The molecule has 3 rings (SSSR count). The third-order valence-electron chi connectivity index (χ3n) is 6.78.